The van der Waals surface area contributed by atoms with Gasteiger partial charge in [-0.15, -0.1) is 0 Å². The molecule has 21 heavy (non-hydrogen) atoms. The minimum absolute atomic E-state index is 0.0208. The molecule has 0 bridgehead atoms. The van der Waals surface area contributed by atoms with Gasteiger partial charge in [0.2, 0.25) is 0 Å². The van der Waals surface area contributed by atoms with E-state index in [-0.39, 0.29) is 11.3 Å². The smallest absolute Gasteiger partial charge is 0.154 e. The van der Waals surface area contributed by atoms with Crippen LogP contribution in [-0.4, -0.2) is 5.78 Å². The molecule has 0 saturated heterocycles. The zero-order chi connectivity index (χ0) is 15.2. The van der Waals surface area contributed by atoms with E-state index in [1.165, 1.54) is 25.3 Å². The minimum Gasteiger partial charge on any atom is -0.298 e. The van der Waals surface area contributed by atoms with E-state index in [9.17, 15) is 13.6 Å². The molecule has 1 fully saturated rings. The third kappa shape index (κ3) is 4.10. The second-order valence-corrected chi connectivity index (χ2v) is 5.74. The van der Waals surface area contributed by atoms with Crippen LogP contribution >= 0.6 is 0 Å². The molecule has 0 N–H and O–H groups in total. The Bertz CT molecular complexity index is 544. The lowest BCUT2D eigenvalue weighted by molar-refractivity contribution is -0.119. The molecule has 1 aromatic rings. The van der Waals surface area contributed by atoms with Crippen LogP contribution in [0.2, 0.25) is 0 Å². The second kappa shape index (κ2) is 7.31. The zero-order valence-corrected chi connectivity index (χ0v) is 11.9. The lowest BCUT2D eigenvalue weighted by Gasteiger charge is -2.21. The molecule has 0 heterocycles. The fourth-order valence-electron chi connectivity index (χ4n) is 3.02. The average Bonchev–Trinajstić information content (AvgIpc) is 2.49. The summed E-state index contributed by atoms with van der Waals surface area (Å²) in [6, 6.07) is 4.84. The van der Waals surface area contributed by atoms with E-state index < -0.39 is 17.6 Å². The number of hydrogen-bond acceptors (Lipinski definition) is 2. The van der Waals surface area contributed by atoms with E-state index in [2.05, 4.69) is 0 Å². The topological polar surface area (TPSA) is 40.9 Å². The Labute approximate surface area is 123 Å². The molecule has 0 aliphatic heterocycles. The van der Waals surface area contributed by atoms with Crippen molar-refractivity contribution < 1.29 is 13.6 Å². The Morgan fingerprint density at radius 1 is 1.29 bits per heavy atom. The van der Waals surface area contributed by atoms with Crippen molar-refractivity contribution >= 4 is 5.78 Å². The minimum atomic E-state index is -1.13. The molecule has 0 spiro atoms. The fourth-order valence-corrected chi connectivity index (χ4v) is 3.02. The Morgan fingerprint density at radius 2 is 2.00 bits per heavy atom. The van der Waals surface area contributed by atoms with E-state index in [1.54, 1.807) is 0 Å². The molecule has 0 aromatic heterocycles. The SMILES string of the molecule is N#CC(C(=O)CCC1CCCCC1)c1ccc(F)cc1F. The molecule has 0 amide bonds. The standard InChI is InChI=1S/C17H19F2NO/c18-13-7-8-14(16(19)10-13)15(11-20)17(21)9-6-12-4-2-1-3-5-12/h7-8,10,12,15H,1-6,9H2. The molecule has 1 aliphatic carbocycles. The number of nitriles is 1. The van der Waals surface area contributed by atoms with Crippen LogP contribution in [-0.2, 0) is 4.79 Å². The summed E-state index contributed by atoms with van der Waals surface area (Å²) in [5, 5.41) is 9.15. The van der Waals surface area contributed by atoms with Crippen LogP contribution < -0.4 is 0 Å². The molecule has 2 rings (SSSR count). The highest BCUT2D eigenvalue weighted by Crippen LogP contribution is 2.29. The van der Waals surface area contributed by atoms with Crippen LogP contribution in [0, 0.1) is 28.9 Å². The third-order valence-corrected chi connectivity index (χ3v) is 4.25. The molecule has 112 valence electrons. The van der Waals surface area contributed by atoms with E-state index >= 15 is 0 Å². The summed E-state index contributed by atoms with van der Waals surface area (Å²) in [5.41, 5.74) is -0.0208. The summed E-state index contributed by atoms with van der Waals surface area (Å²) in [7, 11) is 0. The molecule has 1 saturated carbocycles. The van der Waals surface area contributed by atoms with Gasteiger partial charge in [-0.1, -0.05) is 38.2 Å². The maximum atomic E-state index is 13.7. The summed E-state index contributed by atoms with van der Waals surface area (Å²) in [6.45, 7) is 0. The van der Waals surface area contributed by atoms with Crippen molar-refractivity contribution in [3.8, 4) is 6.07 Å². The van der Waals surface area contributed by atoms with Crippen molar-refractivity contribution in [2.24, 2.45) is 5.92 Å². The molecular formula is C17H19F2NO. The second-order valence-electron chi connectivity index (χ2n) is 5.74. The lowest BCUT2D eigenvalue weighted by atomic mass is 9.84. The summed E-state index contributed by atoms with van der Waals surface area (Å²) >= 11 is 0. The summed E-state index contributed by atoms with van der Waals surface area (Å²) in [4.78, 5) is 12.2. The summed E-state index contributed by atoms with van der Waals surface area (Å²) in [5.74, 6) is -2.39. The first kappa shape index (κ1) is 15.6. The number of halogens is 2. The number of ketones is 1. The van der Waals surface area contributed by atoms with Gasteiger partial charge in [-0.3, -0.25) is 4.79 Å². The predicted molar refractivity (Wildman–Crippen MR) is 75.5 cm³/mol. The molecule has 1 atom stereocenters. The first-order valence-electron chi connectivity index (χ1n) is 7.49. The van der Waals surface area contributed by atoms with E-state index in [1.807, 2.05) is 6.07 Å². The van der Waals surface area contributed by atoms with Gasteiger partial charge in [0.05, 0.1) is 6.07 Å². The molecule has 1 aromatic carbocycles. The van der Waals surface area contributed by atoms with Crippen LogP contribution in [0.3, 0.4) is 0 Å². The number of rotatable bonds is 5. The number of Topliss-reactive ketones (excluding diaryl/α,β-unsaturated/α-hetero) is 1. The largest absolute Gasteiger partial charge is 0.298 e. The highest BCUT2D eigenvalue weighted by atomic mass is 19.1. The molecule has 1 aliphatic rings. The first-order chi connectivity index (χ1) is 10.1. The average molecular weight is 291 g/mol. The number of hydrogen-bond donors (Lipinski definition) is 0. The molecule has 4 heteroatoms. The van der Waals surface area contributed by atoms with Gasteiger partial charge < -0.3 is 0 Å². The van der Waals surface area contributed by atoms with Gasteiger partial charge >= 0.3 is 0 Å². The van der Waals surface area contributed by atoms with Gasteiger partial charge in [-0.05, 0) is 18.4 Å². The van der Waals surface area contributed by atoms with Crippen LogP contribution in [0.4, 0.5) is 8.78 Å². The number of carbonyl (C=O) groups excluding carboxylic acids is 1. The van der Waals surface area contributed by atoms with Gasteiger partial charge in [0.1, 0.15) is 17.6 Å². The van der Waals surface area contributed by atoms with Crippen LogP contribution in [0.15, 0.2) is 18.2 Å². The van der Waals surface area contributed by atoms with E-state index in [0.717, 1.165) is 25.3 Å². The van der Waals surface area contributed by atoms with E-state index in [0.29, 0.717) is 18.4 Å². The Hall–Kier alpha value is -1.76. The molecular weight excluding hydrogens is 272 g/mol. The fraction of sp³-hybridized carbons (Fsp3) is 0.529. The van der Waals surface area contributed by atoms with Crippen molar-refractivity contribution in [1.29, 1.82) is 5.26 Å². The predicted octanol–water partition coefficient (Wildman–Crippen LogP) is 4.50. The molecule has 1 unspecified atom stereocenters. The maximum absolute atomic E-state index is 13.7. The zero-order valence-electron chi connectivity index (χ0n) is 11.9. The van der Waals surface area contributed by atoms with Crippen LogP contribution in [0.5, 0.6) is 0 Å². The quantitative estimate of drug-likeness (QED) is 0.801. The maximum Gasteiger partial charge on any atom is 0.154 e. The van der Waals surface area contributed by atoms with Crippen LogP contribution in [0.25, 0.3) is 0 Å². The van der Waals surface area contributed by atoms with Crippen molar-refractivity contribution in [2.75, 3.05) is 0 Å². The highest BCUT2D eigenvalue weighted by Gasteiger charge is 2.24. The molecule has 0 radical (unpaired) electrons. The number of nitrogens with zero attached hydrogens (tertiary/aromatic N) is 1. The van der Waals surface area contributed by atoms with Gasteiger partial charge in [-0.2, -0.15) is 5.26 Å². The normalized spacial score (nSPS) is 17.2. The van der Waals surface area contributed by atoms with Crippen molar-refractivity contribution in [2.45, 2.75) is 50.9 Å². The van der Waals surface area contributed by atoms with E-state index in [4.69, 9.17) is 5.26 Å². The van der Waals surface area contributed by atoms with Gasteiger partial charge in [0, 0.05) is 18.1 Å². The summed E-state index contributed by atoms with van der Waals surface area (Å²) in [6.07, 6.45) is 6.98. The highest BCUT2D eigenvalue weighted by molar-refractivity contribution is 5.88. The summed E-state index contributed by atoms with van der Waals surface area (Å²) < 4.78 is 26.6. The Kier molecular flexibility index (Phi) is 5.44. The Balaban J connectivity index is 1.99. The number of benzene rings is 1. The first-order valence-corrected chi connectivity index (χ1v) is 7.49. The molecule has 2 nitrogen and oxygen atoms in total. The van der Waals surface area contributed by atoms with Crippen molar-refractivity contribution in [3.05, 3.63) is 35.4 Å². The van der Waals surface area contributed by atoms with Crippen LogP contribution in [0.1, 0.15) is 56.4 Å². The lowest BCUT2D eigenvalue weighted by Crippen LogP contribution is -2.15. The number of carbonyl (C=O) groups is 1. The monoisotopic (exact) mass is 291 g/mol. The Morgan fingerprint density at radius 3 is 2.62 bits per heavy atom. The van der Waals surface area contributed by atoms with Gasteiger partial charge in [-0.25, -0.2) is 8.78 Å². The van der Waals surface area contributed by atoms with Gasteiger partial charge in [0.25, 0.3) is 0 Å². The van der Waals surface area contributed by atoms with Crippen molar-refractivity contribution in [1.82, 2.24) is 0 Å². The van der Waals surface area contributed by atoms with Crippen molar-refractivity contribution in [3.63, 3.8) is 0 Å². The van der Waals surface area contributed by atoms with Gasteiger partial charge in [0.15, 0.2) is 5.78 Å². The third-order valence-electron chi connectivity index (χ3n) is 4.25.